The average molecular weight is 153 g/mol. The normalized spacial score (nSPS) is 9.36. The molecule has 0 bridgehead atoms. The third-order valence-corrected chi connectivity index (χ3v) is 1.62. The van der Waals surface area contributed by atoms with Gasteiger partial charge >= 0.3 is 0 Å². The van der Waals surface area contributed by atoms with Gasteiger partial charge in [-0.05, 0) is 19.1 Å². The number of ether oxygens (including phenoxy) is 1. The minimum atomic E-state index is 0.671. The number of hydrogen-bond donors (Lipinski definition) is 2. The topological polar surface area (TPSA) is 41.5 Å². The number of benzene rings is 1. The van der Waals surface area contributed by atoms with Gasteiger partial charge in [-0.25, -0.2) is 0 Å². The van der Waals surface area contributed by atoms with E-state index < -0.39 is 0 Å². The van der Waals surface area contributed by atoms with Crippen LogP contribution in [0.5, 0.6) is 5.75 Å². The van der Waals surface area contributed by atoms with Gasteiger partial charge < -0.3 is 4.74 Å². The van der Waals surface area contributed by atoms with E-state index in [-0.39, 0.29) is 0 Å². The molecule has 0 aliphatic heterocycles. The molecule has 1 rings (SSSR count). The van der Waals surface area contributed by atoms with E-state index in [4.69, 9.17) is 9.94 Å². The maximum Gasteiger partial charge on any atom is 0.123 e. The number of methoxy groups -OCH3 is 1. The molecule has 1 aromatic rings. The molecular formula is C8H11NO2. The second kappa shape index (κ2) is 3.25. The Labute approximate surface area is 65.6 Å². The van der Waals surface area contributed by atoms with E-state index in [9.17, 15) is 0 Å². The molecule has 0 radical (unpaired) electrons. The molecule has 0 saturated carbocycles. The van der Waals surface area contributed by atoms with E-state index in [0.717, 1.165) is 11.3 Å². The summed E-state index contributed by atoms with van der Waals surface area (Å²) in [6.07, 6.45) is 0. The molecule has 0 amide bonds. The fourth-order valence-electron chi connectivity index (χ4n) is 0.957. The van der Waals surface area contributed by atoms with Crippen molar-refractivity contribution in [1.82, 2.24) is 0 Å². The quantitative estimate of drug-likeness (QED) is 0.636. The molecule has 0 heterocycles. The third-order valence-electron chi connectivity index (χ3n) is 1.62. The summed E-state index contributed by atoms with van der Waals surface area (Å²) in [7, 11) is 1.60. The van der Waals surface area contributed by atoms with E-state index in [2.05, 4.69) is 5.48 Å². The van der Waals surface area contributed by atoms with Crippen molar-refractivity contribution in [2.75, 3.05) is 12.6 Å². The van der Waals surface area contributed by atoms with E-state index in [1.807, 2.05) is 19.1 Å². The summed E-state index contributed by atoms with van der Waals surface area (Å²) in [4.78, 5) is 0. The molecule has 11 heavy (non-hydrogen) atoms. The molecule has 60 valence electrons. The molecule has 3 nitrogen and oxygen atoms in total. The number of nitrogens with one attached hydrogen (secondary N) is 1. The third kappa shape index (κ3) is 1.43. The summed E-state index contributed by atoms with van der Waals surface area (Å²) in [6.45, 7) is 1.87. The highest BCUT2D eigenvalue weighted by Crippen LogP contribution is 2.23. The molecule has 0 spiro atoms. The van der Waals surface area contributed by atoms with Gasteiger partial charge in [0.2, 0.25) is 0 Å². The summed E-state index contributed by atoms with van der Waals surface area (Å²) < 4.78 is 5.04. The first kappa shape index (κ1) is 7.88. The van der Waals surface area contributed by atoms with Crippen LogP contribution in [0.2, 0.25) is 0 Å². The predicted octanol–water partition coefficient (Wildman–Crippen LogP) is 1.80. The molecule has 2 N–H and O–H groups in total. The summed E-state index contributed by atoms with van der Waals surface area (Å²) in [5, 5.41) is 8.63. The molecule has 1 aromatic carbocycles. The van der Waals surface area contributed by atoms with Gasteiger partial charge in [-0.2, -0.15) is 0 Å². The Balaban J connectivity index is 3.10. The molecule has 0 unspecified atom stereocenters. The lowest BCUT2D eigenvalue weighted by molar-refractivity contribution is 0.385. The molecule has 0 atom stereocenters. The van der Waals surface area contributed by atoms with Gasteiger partial charge in [0.15, 0.2) is 0 Å². The Morgan fingerprint density at radius 2 is 2.18 bits per heavy atom. The Morgan fingerprint density at radius 3 is 2.73 bits per heavy atom. The van der Waals surface area contributed by atoms with Crippen molar-refractivity contribution in [2.45, 2.75) is 6.92 Å². The number of rotatable bonds is 2. The summed E-state index contributed by atoms with van der Waals surface area (Å²) in [6, 6.07) is 5.43. The fraction of sp³-hybridized carbons (Fsp3) is 0.250. The lowest BCUT2D eigenvalue weighted by Crippen LogP contribution is -1.94. The second-order valence-electron chi connectivity index (χ2n) is 2.24. The monoisotopic (exact) mass is 153 g/mol. The van der Waals surface area contributed by atoms with Crippen LogP contribution in [-0.2, 0) is 0 Å². The smallest absolute Gasteiger partial charge is 0.123 e. The lowest BCUT2D eigenvalue weighted by Gasteiger charge is -2.07. The lowest BCUT2D eigenvalue weighted by atomic mass is 10.2. The first-order chi connectivity index (χ1) is 5.29. The zero-order valence-electron chi connectivity index (χ0n) is 6.59. The zero-order chi connectivity index (χ0) is 8.27. The van der Waals surface area contributed by atoms with E-state index in [1.54, 1.807) is 13.2 Å². The summed E-state index contributed by atoms with van der Waals surface area (Å²) >= 11 is 0. The highest BCUT2D eigenvalue weighted by atomic mass is 16.5. The molecule has 0 fully saturated rings. The van der Waals surface area contributed by atoms with Crippen molar-refractivity contribution in [1.29, 1.82) is 0 Å². The van der Waals surface area contributed by atoms with Crippen LogP contribution in [0.15, 0.2) is 18.2 Å². The zero-order valence-corrected chi connectivity index (χ0v) is 6.59. The van der Waals surface area contributed by atoms with Crippen LogP contribution in [0.4, 0.5) is 5.69 Å². The molecule has 3 heteroatoms. The highest BCUT2D eigenvalue weighted by molar-refractivity contribution is 5.55. The average Bonchev–Trinajstić information content (AvgIpc) is 2.05. The van der Waals surface area contributed by atoms with Gasteiger partial charge in [0.1, 0.15) is 5.75 Å². The van der Waals surface area contributed by atoms with Crippen LogP contribution < -0.4 is 10.2 Å². The van der Waals surface area contributed by atoms with Crippen LogP contribution in [0, 0.1) is 6.92 Å². The van der Waals surface area contributed by atoms with Crippen LogP contribution >= 0.6 is 0 Å². The van der Waals surface area contributed by atoms with E-state index in [0.29, 0.717) is 5.69 Å². The van der Waals surface area contributed by atoms with Crippen molar-refractivity contribution < 1.29 is 9.94 Å². The second-order valence-corrected chi connectivity index (χ2v) is 2.24. The van der Waals surface area contributed by atoms with Crippen molar-refractivity contribution in [3.05, 3.63) is 23.8 Å². The Hall–Kier alpha value is -1.22. The summed E-state index contributed by atoms with van der Waals surface area (Å²) in [5.74, 6) is 0.768. The van der Waals surface area contributed by atoms with Crippen LogP contribution in [0.1, 0.15) is 5.56 Å². The minimum absolute atomic E-state index is 0.671. The predicted molar refractivity (Wildman–Crippen MR) is 43.1 cm³/mol. The van der Waals surface area contributed by atoms with Crippen LogP contribution in [0.3, 0.4) is 0 Å². The van der Waals surface area contributed by atoms with E-state index in [1.165, 1.54) is 0 Å². The number of hydrogen-bond acceptors (Lipinski definition) is 3. The Kier molecular flexibility index (Phi) is 2.33. The van der Waals surface area contributed by atoms with Crippen LogP contribution in [0.25, 0.3) is 0 Å². The van der Waals surface area contributed by atoms with Gasteiger partial charge in [-0.15, -0.1) is 0 Å². The van der Waals surface area contributed by atoms with Crippen molar-refractivity contribution in [3.63, 3.8) is 0 Å². The van der Waals surface area contributed by atoms with Crippen molar-refractivity contribution in [3.8, 4) is 5.75 Å². The van der Waals surface area contributed by atoms with Gasteiger partial charge in [0.25, 0.3) is 0 Å². The number of anilines is 1. The minimum Gasteiger partial charge on any atom is -0.496 e. The molecular weight excluding hydrogens is 142 g/mol. The highest BCUT2D eigenvalue weighted by Gasteiger charge is 2.01. The van der Waals surface area contributed by atoms with E-state index >= 15 is 0 Å². The Bertz CT molecular complexity index is 226. The maximum absolute atomic E-state index is 8.63. The first-order valence-corrected chi connectivity index (χ1v) is 3.33. The van der Waals surface area contributed by atoms with Gasteiger partial charge in [0.05, 0.1) is 12.8 Å². The first-order valence-electron chi connectivity index (χ1n) is 3.33. The maximum atomic E-state index is 8.63. The van der Waals surface area contributed by atoms with Gasteiger partial charge in [0, 0.05) is 5.56 Å². The molecule has 0 aromatic heterocycles. The largest absolute Gasteiger partial charge is 0.496 e. The summed E-state index contributed by atoms with van der Waals surface area (Å²) in [5.41, 5.74) is 3.66. The van der Waals surface area contributed by atoms with Gasteiger partial charge in [-0.1, -0.05) is 6.07 Å². The Morgan fingerprint density at radius 1 is 1.45 bits per heavy atom. The van der Waals surface area contributed by atoms with Crippen molar-refractivity contribution >= 4 is 5.69 Å². The molecule has 0 aliphatic rings. The van der Waals surface area contributed by atoms with Gasteiger partial charge in [-0.3, -0.25) is 10.7 Å². The standard InChI is InChI=1S/C8H11NO2/c1-6-7(9-10)4-3-5-8(6)11-2/h3-5,9-10H,1-2H3. The SMILES string of the molecule is COc1cccc(NO)c1C. The molecule has 0 aliphatic carbocycles. The van der Waals surface area contributed by atoms with Crippen molar-refractivity contribution in [2.24, 2.45) is 0 Å². The van der Waals surface area contributed by atoms with Crippen LogP contribution in [-0.4, -0.2) is 12.3 Å². The fourth-order valence-corrected chi connectivity index (χ4v) is 0.957. The molecule has 0 saturated heterocycles.